The SMILES string of the molecule is COc1ccc(CCn2c(NC3CC3)nc3cc(N/C(=N/C4C[C@H]5C[C@@H]([C@@H]4C)C5(C)C)N4CCN[C@@H](CF)C4)ccc3c2=O)c(F)c1. The molecule has 2 bridgehead atoms. The molecule has 11 heteroatoms. The average Bonchev–Trinajstić information content (AvgIpc) is 3.89. The molecule has 8 rings (SSSR count). The van der Waals surface area contributed by atoms with Gasteiger partial charge in [0.2, 0.25) is 5.95 Å². The maximum absolute atomic E-state index is 14.7. The molecule has 5 atom stereocenters. The molecular weight excluding hydrogens is 600 g/mol. The van der Waals surface area contributed by atoms with Crippen LogP contribution in [0.3, 0.4) is 0 Å². The summed E-state index contributed by atoms with van der Waals surface area (Å²) < 4.78 is 35.2. The monoisotopic (exact) mass is 647 g/mol. The molecule has 47 heavy (non-hydrogen) atoms. The fourth-order valence-corrected chi connectivity index (χ4v) is 8.01. The van der Waals surface area contributed by atoms with Crippen LogP contribution in [0.2, 0.25) is 0 Å². The lowest BCUT2D eigenvalue weighted by molar-refractivity contribution is -0.108. The Kier molecular flexibility index (Phi) is 8.61. The van der Waals surface area contributed by atoms with Crippen molar-refractivity contribution in [3.63, 3.8) is 0 Å². The molecule has 1 aromatic heterocycles. The third-order valence-electron chi connectivity index (χ3n) is 11.3. The summed E-state index contributed by atoms with van der Waals surface area (Å²) in [6, 6.07) is 10.6. The molecule has 5 aliphatic rings. The first-order valence-corrected chi connectivity index (χ1v) is 17.2. The van der Waals surface area contributed by atoms with E-state index in [-0.39, 0.29) is 36.0 Å². The van der Waals surface area contributed by atoms with Crippen LogP contribution in [0, 0.1) is 29.0 Å². The maximum Gasteiger partial charge on any atom is 0.262 e. The summed E-state index contributed by atoms with van der Waals surface area (Å²) in [5, 5.41) is 10.8. The highest BCUT2D eigenvalue weighted by atomic mass is 19.1. The third-order valence-corrected chi connectivity index (χ3v) is 11.3. The van der Waals surface area contributed by atoms with Crippen LogP contribution in [0.1, 0.15) is 52.0 Å². The lowest BCUT2D eigenvalue weighted by Gasteiger charge is -2.61. The van der Waals surface area contributed by atoms with Gasteiger partial charge in [0.05, 0.1) is 30.1 Å². The van der Waals surface area contributed by atoms with Gasteiger partial charge < -0.3 is 25.6 Å². The number of guanidine groups is 1. The molecule has 1 saturated heterocycles. The summed E-state index contributed by atoms with van der Waals surface area (Å²) in [5.74, 6) is 3.14. The molecule has 0 radical (unpaired) electrons. The summed E-state index contributed by atoms with van der Waals surface area (Å²) in [5.41, 5.74) is 2.06. The predicted octanol–water partition coefficient (Wildman–Crippen LogP) is 5.44. The van der Waals surface area contributed by atoms with Gasteiger partial charge in [0, 0.05) is 44.0 Å². The molecule has 252 valence electrons. The Morgan fingerprint density at radius 3 is 2.72 bits per heavy atom. The number of fused-ring (bicyclic) bond motifs is 3. The molecule has 3 aromatic rings. The van der Waals surface area contributed by atoms with Crippen LogP contribution < -0.4 is 26.2 Å². The van der Waals surface area contributed by atoms with Crippen LogP contribution in [0.15, 0.2) is 46.2 Å². The van der Waals surface area contributed by atoms with Gasteiger partial charge in [-0.2, -0.15) is 0 Å². The second-order valence-electron chi connectivity index (χ2n) is 14.6. The van der Waals surface area contributed by atoms with Gasteiger partial charge in [-0.15, -0.1) is 0 Å². The Labute approximate surface area is 275 Å². The summed E-state index contributed by atoms with van der Waals surface area (Å²) in [4.78, 5) is 26.3. The van der Waals surface area contributed by atoms with Crippen LogP contribution in [-0.2, 0) is 13.0 Å². The van der Waals surface area contributed by atoms with Gasteiger partial charge >= 0.3 is 0 Å². The number of alkyl halides is 1. The van der Waals surface area contributed by atoms with Crippen LogP contribution in [-0.4, -0.2) is 72.0 Å². The Hall–Kier alpha value is -3.73. The fourth-order valence-electron chi connectivity index (χ4n) is 8.01. The zero-order chi connectivity index (χ0) is 32.9. The predicted molar refractivity (Wildman–Crippen MR) is 183 cm³/mol. The minimum absolute atomic E-state index is 0.168. The van der Waals surface area contributed by atoms with Gasteiger partial charge in [-0.25, -0.2) is 18.8 Å². The van der Waals surface area contributed by atoms with Crippen LogP contribution >= 0.6 is 0 Å². The number of nitrogens with one attached hydrogen (secondary N) is 3. The van der Waals surface area contributed by atoms with E-state index in [1.807, 2.05) is 12.1 Å². The number of ether oxygens (including phenoxy) is 1. The number of anilines is 2. The summed E-state index contributed by atoms with van der Waals surface area (Å²) in [6.07, 6.45) is 4.71. The lowest BCUT2D eigenvalue weighted by Crippen LogP contribution is -2.58. The van der Waals surface area contributed by atoms with Crippen molar-refractivity contribution in [1.29, 1.82) is 0 Å². The number of aromatic nitrogens is 2. The molecule has 0 spiro atoms. The van der Waals surface area contributed by atoms with E-state index in [1.165, 1.54) is 19.6 Å². The van der Waals surface area contributed by atoms with E-state index in [0.29, 0.717) is 70.8 Å². The van der Waals surface area contributed by atoms with Gasteiger partial charge in [-0.05, 0) is 85.1 Å². The quantitative estimate of drug-likeness (QED) is 0.210. The normalized spacial score (nSPS) is 27.0. The van der Waals surface area contributed by atoms with Crippen molar-refractivity contribution in [3.8, 4) is 5.75 Å². The third kappa shape index (κ3) is 6.30. The Morgan fingerprint density at radius 2 is 2.02 bits per heavy atom. The summed E-state index contributed by atoms with van der Waals surface area (Å²) in [6.45, 7) is 8.91. The second-order valence-corrected chi connectivity index (χ2v) is 14.6. The molecule has 2 aromatic carbocycles. The average molecular weight is 648 g/mol. The standard InChI is InChI=1S/C36H47F2N7O2/c1-21-29-15-23(36(29,2)3)16-31(21)42-34(44-14-12-39-26(19-37)20-44)41-25-8-10-28-32(17-25)43-35(40-24-6-7-24)45(33(28)46)13-11-22-5-9-27(47-4)18-30(22)38/h5,8-10,17-18,21,23-24,26,29,31,39H,6-7,11-16,19-20H2,1-4H3,(H,40,43)(H,41,42)/t21-,23+,26-,29-,31?/m0/s1. The number of benzene rings is 2. The van der Waals surface area contributed by atoms with Crippen molar-refractivity contribution in [1.82, 2.24) is 19.8 Å². The molecule has 9 nitrogen and oxygen atoms in total. The Bertz CT molecular complexity index is 1720. The van der Waals surface area contributed by atoms with Gasteiger partial charge in [0.15, 0.2) is 5.96 Å². The number of aryl methyl sites for hydroxylation is 1. The number of methoxy groups -OCH3 is 1. The molecule has 4 aliphatic carbocycles. The van der Waals surface area contributed by atoms with Gasteiger partial charge in [-0.1, -0.05) is 26.8 Å². The van der Waals surface area contributed by atoms with E-state index in [9.17, 15) is 13.6 Å². The van der Waals surface area contributed by atoms with Crippen molar-refractivity contribution in [2.24, 2.45) is 28.2 Å². The van der Waals surface area contributed by atoms with Gasteiger partial charge in [0.25, 0.3) is 5.56 Å². The van der Waals surface area contributed by atoms with Crippen LogP contribution in [0.25, 0.3) is 10.9 Å². The van der Waals surface area contributed by atoms with Crippen molar-refractivity contribution in [2.45, 2.75) is 77.5 Å². The molecule has 3 N–H and O–H groups in total. The van der Waals surface area contributed by atoms with Crippen molar-refractivity contribution in [2.75, 3.05) is 44.1 Å². The second kappa shape index (κ2) is 12.7. The van der Waals surface area contributed by atoms with Gasteiger partial charge in [-0.3, -0.25) is 9.36 Å². The highest BCUT2D eigenvalue weighted by Gasteiger charge is 2.56. The summed E-state index contributed by atoms with van der Waals surface area (Å²) in [7, 11) is 1.51. The van der Waals surface area contributed by atoms with E-state index in [0.717, 1.165) is 37.5 Å². The molecule has 4 saturated carbocycles. The summed E-state index contributed by atoms with van der Waals surface area (Å²) >= 11 is 0. The Balaban J connectivity index is 1.18. The lowest BCUT2D eigenvalue weighted by atomic mass is 9.45. The van der Waals surface area contributed by atoms with Crippen molar-refractivity contribution in [3.05, 3.63) is 58.1 Å². The Morgan fingerprint density at radius 1 is 1.19 bits per heavy atom. The fraction of sp³-hybridized carbons (Fsp3) is 0.583. The largest absolute Gasteiger partial charge is 0.497 e. The first-order chi connectivity index (χ1) is 22.6. The number of rotatable bonds is 9. The van der Waals surface area contributed by atoms with Crippen LogP contribution in [0.4, 0.5) is 20.4 Å². The van der Waals surface area contributed by atoms with Crippen molar-refractivity contribution < 1.29 is 13.5 Å². The van der Waals surface area contributed by atoms with E-state index in [2.05, 4.69) is 41.6 Å². The molecular formula is C36H47F2N7O2. The number of halogens is 2. The van der Waals surface area contributed by atoms with Crippen molar-refractivity contribution >= 4 is 28.5 Å². The number of aliphatic imine (C=N–C) groups is 1. The van der Waals surface area contributed by atoms with E-state index in [4.69, 9.17) is 14.7 Å². The first-order valence-electron chi connectivity index (χ1n) is 17.2. The van der Waals surface area contributed by atoms with Crippen LogP contribution in [0.5, 0.6) is 5.75 Å². The minimum atomic E-state index is -0.435. The first kappa shape index (κ1) is 31.8. The smallest absolute Gasteiger partial charge is 0.262 e. The molecule has 1 unspecified atom stereocenters. The maximum atomic E-state index is 14.7. The number of hydrogen-bond acceptors (Lipinski definition) is 6. The zero-order valence-corrected chi connectivity index (χ0v) is 27.9. The van der Waals surface area contributed by atoms with E-state index >= 15 is 0 Å². The zero-order valence-electron chi connectivity index (χ0n) is 27.9. The highest BCUT2D eigenvalue weighted by Crippen LogP contribution is 2.61. The number of hydrogen-bond donors (Lipinski definition) is 3. The molecule has 2 heterocycles. The van der Waals surface area contributed by atoms with E-state index < -0.39 is 6.67 Å². The van der Waals surface area contributed by atoms with Gasteiger partial charge in [0.1, 0.15) is 18.2 Å². The number of piperazine rings is 1. The highest BCUT2D eigenvalue weighted by molar-refractivity contribution is 5.96. The molecule has 5 fully saturated rings. The molecule has 1 aliphatic heterocycles. The van der Waals surface area contributed by atoms with E-state index in [1.54, 1.807) is 22.8 Å². The topological polar surface area (TPSA) is 95.8 Å². The number of nitrogens with zero attached hydrogens (tertiary/aromatic N) is 4. The minimum Gasteiger partial charge on any atom is -0.497 e. The molecule has 0 amide bonds.